The molecule has 1 aromatic carbocycles. The zero-order valence-electron chi connectivity index (χ0n) is 12.2. The summed E-state index contributed by atoms with van der Waals surface area (Å²) in [4.78, 5) is 24.0. The topological polar surface area (TPSA) is 66.4 Å². The van der Waals surface area contributed by atoms with Gasteiger partial charge in [0.05, 0.1) is 11.8 Å². The van der Waals surface area contributed by atoms with Gasteiger partial charge >= 0.3 is 5.97 Å². The van der Waals surface area contributed by atoms with E-state index in [-0.39, 0.29) is 17.7 Å². The number of aryl methyl sites for hydroxylation is 2. The Labute approximate surface area is 123 Å². The lowest BCUT2D eigenvalue weighted by molar-refractivity contribution is -0.146. The summed E-state index contributed by atoms with van der Waals surface area (Å²) in [5.41, 5.74) is 2.90. The number of allylic oxidation sites excluding steroid dienone is 2. The van der Waals surface area contributed by atoms with Gasteiger partial charge in [0.1, 0.15) is 0 Å². The fourth-order valence-corrected chi connectivity index (χ4v) is 3.79. The molecule has 0 saturated heterocycles. The van der Waals surface area contributed by atoms with E-state index < -0.39 is 17.8 Å². The molecule has 2 N–H and O–H groups in total. The lowest BCUT2D eigenvalue weighted by Gasteiger charge is -2.24. The van der Waals surface area contributed by atoms with Gasteiger partial charge in [-0.25, -0.2) is 0 Å². The van der Waals surface area contributed by atoms with Crippen LogP contribution in [-0.2, 0) is 9.59 Å². The second-order valence-electron chi connectivity index (χ2n) is 6.20. The van der Waals surface area contributed by atoms with Gasteiger partial charge in [-0.3, -0.25) is 9.59 Å². The smallest absolute Gasteiger partial charge is 0.307 e. The number of aliphatic carboxylic acids is 1. The number of hydrogen-bond acceptors (Lipinski definition) is 2. The van der Waals surface area contributed by atoms with Crippen molar-refractivity contribution in [3.05, 3.63) is 41.5 Å². The van der Waals surface area contributed by atoms with E-state index >= 15 is 0 Å². The van der Waals surface area contributed by atoms with Crippen LogP contribution in [0.25, 0.3) is 0 Å². The third-order valence-electron chi connectivity index (χ3n) is 4.54. The fourth-order valence-electron chi connectivity index (χ4n) is 3.79. The SMILES string of the molecule is Cc1cc(C)cc(NC(=O)[C@@H]2[C@@H](C(=O)O)[C@@H]3C=C[C@H]2C3)c1. The number of carboxylic acid groups (broad SMARTS) is 1. The number of rotatable bonds is 3. The van der Waals surface area contributed by atoms with Crippen LogP contribution in [-0.4, -0.2) is 17.0 Å². The molecule has 0 aromatic heterocycles. The van der Waals surface area contributed by atoms with E-state index in [4.69, 9.17) is 0 Å². The lowest BCUT2D eigenvalue weighted by atomic mass is 9.82. The van der Waals surface area contributed by atoms with Crippen LogP contribution in [0.3, 0.4) is 0 Å². The molecule has 4 atom stereocenters. The van der Waals surface area contributed by atoms with Gasteiger partial charge < -0.3 is 10.4 Å². The zero-order chi connectivity index (χ0) is 15.1. The number of hydrogen-bond donors (Lipinski definition) is 2. The maximum Gasteiger partial charge on any atom is 0.307 e. The quantitative estimate of drug-likeness (QED) is 0.839. The van der Waals surface area contributed by atoms with E-state index in [1.807, 2.05) is 44.2 Å². The molecule has 2 aliphatic carbocycles. The summed E-state index contributed by atoms with van der Waals surface area (Å²) in [6, 6.07) is 5.85. The Bertz CT molecular complexity index is 615. The van der Waals surface area contributed by atoms with Crippen molar-refractivity contribution in [1.82, 2.24) is 0 Å². The highest BCUT2D eigenvalue weighted by molar-refractivity contribution is 5.96. The van der Waals surface area contributed by atoms with E-state index in [0.717, 1.165) is 23.2 Å². The molecule has 2 bridgehead atoms. The average Bonchev–Trinajstić information content (AvgIpc) is 2.96. The van der Waals surface area contributed by atoms with E-state index in [1.54, 1.807) is 0 Å². The summed E-state index contributed by atoms with van der Waals surface area (Å²) >= 11 is 0. The normalized spacial score (nSPS) is 29.6. The number of anilines is 1. The van der Waals surface area contributed by atoms with E-state index in [0.29, 0.717) is 0 Å². The third-order valence-corrected chi connectivity index (χ3v) is 4.54. The van der Waals surface area contributed by atoms with Crippen molar-refractivity contribution >= 4 is 17.6 Å². The van der Waals surface area contributed by atoms with Crippen LogP contribution in [0.1, 0.15) is 17.5 Å². The first-order valence-electron chi connectivity index (χ1n) is 7.26. The molecular weight excluding hydrogens is 266 g/mol. The van der Waals surface area contributed by atoms with Crippen LogP contribution in [0.5, 0.6) is 0 Å². The molecule has 1 amide bonds. The molecule has 0 spiro atoms. The van der Waals surface area contributed by atoms with Gasteiger partial charge in [-0.1, -0.05) is 18.2 Å². The summed E-state index contributed by atoms with van der Waals surface area (Å²) in [7, 11) is 0. The van der Waals surface area contributed by atoms with E-state index in [2.05, 4.69) is 5.32 Å². The number of carbonyl (C=O) groups excluding carboxylic acids is 1. The van der Waals surface area contributed by atoms with Gasteiger partial charge in [0.2, 0.25) is 5.91 Å². The summed E-state index contributed by atoms with van der Waals surface area (Å²) in [6.07, 6.45) is 4.72. The van der Waals surface area contributed by atoms with Crippen LogP contribution >= 0.6 is 0 Å². The molecule has 2 aliphatic rings. The van der Waals surface area contributed by atoms with Crippen LogP contribution in [0.4, 0.5) is 5.69 Å². The molecule has 110 valence electrons. The number of benzene rings is 1. The highest BCUT2D eigenvalue weighted by Gasteiger charge is 2.51. The van der Waals surface area contributed by atoms with E-state index in [1.165, 1.54) is 0 Å². The van der Waals surface area contributed by atoms with Gasteiger partial charge in [0.25, 0.3) is 0 Å². The summed E-state index contributed by atoms with van der Waals surface area (Å²) < 4.78 is 0. The molecule has 0 radical (unpaired) electrons. The standard InChI is InChI=1S/C17H19NO3/c1-9-5-10(2)7-13(6-9)18-16(19)14-11-3-4-12(8-11)15(14)17(20)21/h3-7,11-12,14-15H,8H2,1-2H3,(H,18,19)(H,20,21)/t11-,12+,14-,15-/m0/s1. The van der Waals surface area contributed by atoms with Gasteiger partial charge in [-0.05, 0) is 55.4 Å². The maximum atomic E-state index is 12.5. The van der Waals surface area contributed by atoms with Gasteiger partial charge in [0.15, 0.2) is 0 Å². The van der Waals surface area contributed by atoms with Crippen molar-refractivity contribution in [2.24, 2.45) is 23.7 Å². The predicted molar refractivity (Wildman–Crippen MR) is 79.9 cm³/mol. The molecule has 1 saturated carbocycles. The van der Waals surface area contributed by atoms with Crippen molar-refractivity contribution in [3.63, 3.8) is 0 Å². The lowest BCUT2D eigenvalue weighted by Crippen LogP contribution is -2.36. The molecule has 0 unspecified atom stereocenters. The summed E-state index contributed by atoms with van der Waals surface area (Å²) in [5.74, 6) is -2.04. The molecule has 0 aliphatic heterocycles. The molecule has 1 aromatic rings. The highest BCUT2D eigenvalue weighted by atomic mass is 16.4. The summed E-state index contributed by atoms with van der Waals surface area (Å²) in [5, 5.41) is 12.3. The Morgan fingerprint density at radius 2 is 1.62 bits per heavy atom. The number of nitrogens with one attached hydrogen (secondary N) is 1. The number of fused-ring (bicyclic) bond motifs is 2. The Morgan fingerprint density at radius 1 is 1.05 bits per heavy atom. The number of carboxylic acids is 1. The molecule has 0 heterocycles. The van der Waals surface area contributed by atoms with Crippen molar-refractivity contribution < 1.29 is 14.7 Å². The maximum absolute atomic E-state index is 12.5. The first-order valence-corrected chi connectivity index (χ1v) is 7.26. The largest absolute Gasteiger partial charge is 0.481 e. The minimum atomic E-state index is -0.868. The average molecular weight is 285 g/mol. The van der Waals surface area contributed by atoms with Crippen LogP contribution < -0.4 is 5.32 Å². The summed E-state index contributed by atoms with van der Waals surface area (Å²) in [6.45, 7) is 3.95. The first kappa shape index (κ1) is 13.9. The monoisotopic (exact) mass is 285 g/mol. The Balaban J connectivity index is 1.82. The van der Waals surface area contributed by atoms with Crippen molar-refractivity contribution in [2.75, 3.05) is 5.32 Å². The van der Waals surface area contributed by atoms with E-state index in [9.17, 15) is 14.7 Å². The molecule has 1 fully saturated rings. The number of amides is 1. The van der Waals surface area contributed by atoms with Gasteiger partial charge in [0, 0.05) is 5.69 Å². The third kappa shape index (κ3) is 2.46. The Hall–Kier alpha value is -2.10. The van der Waals surface area contributed by atoms with Gasteiger partial charge in [-0.15, -0.1) is 0 Å². The second kappa shape index (κ2) is 5.02. The fraction of sp³-hybridized carbons (Fsp3) is 0.412. The van der Waals surface area contributed by atoms with Crippen LogP contribution in [0.2, 0.25) is 0 Å². The van der Waals surface area contributed by atoms with Crippen molar-refractivity contribution in [3.8, 4) is 0 Å². The second-order valence-corrected chi connectivity index (χ2v) is 6.20. The van der Waals surface area contributed by atoms with Crippen molar-refractivity contribution in [2.45, 2.75) is 20.3 Å². The van der Waals surface area contributed by atoms with Crippen molar-refractivity contribution in [1.29, 1.82) is 0 Å². The minimum Gasteiger partial charge on any atom is -0.481 e. The molecule has 21 heavy (non-hydrogen) atoms. The molecular formula is C17H19NO3. The Morgan fingerprint density at radius 3 is 2.19 bits per heavy atom. The first-order chi connectivity index (χ1) is 9.95. The van der Waals surface area contributed by atoms with Gasteiger partial charge in [-0.2, -0.15) is 0 Å². The molecule has 4 nitrogen and oxygen atoms in total. The molecule has 4 heteroatoms. The molecule has 3 rings (SSSR count). The van der Waals surface area contributed by atoms with Crippen LogP contribution in [0, 0.1) is 37.5 Å². The predicted octanol–water partition coefficient (Wildman–Crippen LogP) is 2.76. The number of carbonyl (C=O) groups is 2. The van der Waals surface area contributed by atoms with Crippen LogP contribution in [0.15, 0.2) is 30.4 Å². The Kier molecular flexibility index (Phi) is 3.32. The minimum absolute atomic E-state index is 0.00231. The zero-order valence-corrected chi connectivity index (χ0v) is 12.2. The highest BCUT2D eigenvalue weighted by Crippen LogP contribution is 2.48.